The van der Waals surface area contributed by atoms with E-state index in [2.05, 4.69) is 35.2 Å². The van der Waals surface area contributed by atoms with Crippen molar-refractivity contribution >= 4 is 16.5 Å². The van der Waals surface area contributed by atoms with E-state index in [1.54, 1.807) is 0 Å². The molecule has 1 saturated carbocycles. The topological polar surface area (TPSA) is 55.3 Å². The minimum absolute atomic E-state index is 0.165. The predicted molar refractivity (Wildman–Crippen MR) is 107 cm³/mol. The van der Waals surface area contributed by atoms with E-state index in [1.165, 1.54) is 0 Å². The molecule has 1 aliphatic heterocycles. The molecule has 0 atom stereocenters. The van der Waals surface area contributed by atoms with E-state index < -0.39 is 12.1 Å². The first-order valence-electron chi connectivity index (χ1n) is 10.1. The summed E-state index contributed by atoms with van der Waals surface area (Å²) >= 11 is 0. The summed E-state index contributed by atoms with van der Waals surface area (Å²) in [5, 5.41) is 2.21. The number of hydrogen-bond acceptors (Lipinski definition) is 3. The number of nitrogens with zero attached hydrogens (tertiary/aromatic N) is 1. The van der Waals surface area contributed by atoms with Gasteiger partial charge in [-0.1, -0.05) is 18.2 Å². The second-order valence-corrected chi connectivity index (χ2v) is 8.54. The van der Waals surface area contributed by atoms with Crippen LogP contribution in [0.5, 0.6) is 0 Å². The Bertz CT molecular complexity index is 833. The molecule has 2 aromatic rings. The summed E-state index contributed by atoms with van der Waals surface area (Å²) in [7, 11) is 0. The summed E-state index contributed by atoms with van der Waals surface area (Å²) in [4.78, 5) is 2.06. The Morgan fingerprint density at radius 2 is 1.50 bits per heavy atom. The smallest absolute Gasteiger partial charge is 0.371 e. The number of anilines is 1. The number of nitrogens with two attached hydrogens (primary N) is 2. The van der Waals surface area contributed by atoms with Crippen molar-refractivity contribution in [3.63, 3.8) is 0 Å². The van der Waals surface area contributed by atoms with Gasteiger partial charge in [0.05, 0.1) is 5.92 Å². The van der Waals surface area contributed by atoms with E-state index in [9.17, 15) is 13.2 Å². The van der Waals surface area contributed by atoms with Crippen LogP contribution >= 0.6 is 0 Å². The van der Waals surface area contributed by atoms with Crippen LogP contribution in [0.3, 0.4) is 0 Å². The lowest BCUT2D eigenvalue weighted by Crippen LogP contribution is -2.43. The Labute approximate surface area is 163 Å². The molecule has 0 spiro atoms. The van der Waals surface area contributed by atoms with Crippen molar-refractivity contribution in [2.75, 3.05) is 18.0 Å². The van der Waals surface area contributed by atoms with Gasteiger partial charge in [-0.3, -0.25) is 0 Å². The van der Waals surface area contributed by atoms with Crippen molar-refractivity contribution in [1.29, 1.82) is 0 Å². The Balaban J connectivity index is 1.51. The molecule has 152 valence electrons. The molecule has 4 rings (SSSR count). The first-order valence-corrected chi connectivity index (χ1v) is 10.1. The summed E-state index contributed by atoms with van der Waals surface area (Å²) < 4.78 is 38.7. The van der Waals surface area contributed by atoms with Crippen LogP contribution in [0.15, 0.2) is 36.4 Å². The van der Waals surface area contributed by atoms with Gasteiger partial charge in [0.25, 0.3) is 0 Å². The highest BCUT2D eigenvalue weighted by atomic mass is 19.4. The summed E-state index contributed by atoms with van der Waals surface area (Å²) in [5.41, 5.74) is 14.5. The summed E-state index contributed by atoms with van der Waals surface area (Å²) in [6.07, 6.45) is -0.0652. The zero-order valence-corrected chi connectivity index (χ0v) is 16.0. The first kappa shape index (κ1) is 19.5. The molecular weight excluding hydrogens is 363 g/mol. The van der Waals surface area contributed by atoms with E-state index in [0.29, 0.717) is 13.1 Å². The van der Waals surface area contributed by atoms with Crippen LogP contribution in [-0.4, -0.2) is 25.3 Å². The maximum absolute atomic E-state index is 12.9. The Morgan fingerprint density at radius 3 is 2.14 bits per heavy atom. The number of alkyl halides is 3. The number of hydrogen-bond donors (Lipinski definition) is 2. The Morgan fingerprint density at radius 1 is 0.893 bits per heavy atom. The molecule has 6 heteroatoms. The zero-order valence-electron chi connectivity index (χ0n) is 16.0. The molecule has 28 heavy (non-hydrogen) atoms. The molecule has 0 radical (unpaired) electrons. The monoisotopic (exact) mass is 391 g/mol. The van der Waals surface area contributed by atoms with Gasteiger partial charge in [-0.25, -0.2) is 0 Å². The van der Waals surface area contributed by atoms with Crippen LogP contribution in [0.1, 0.15) is 44.1 Å². The highest BCUT2D eigenvalue weighted by molar-refractivity contribution is 5.86. The number of piperidine rings is 1. The lowest BCUT2D eigenvalue weighted by molar-refractivity contribution is -0.179. The van der Waals surface area contributed by atoms with Crippen LogP contribution in [0.2, 0.25) is 0 Å². The number of benzene rings is 2. The lowest BCUT2D eigenvalue weighted by Gasteiger charge is -2.36. The van der Waals surface area contributed by atoms with Crippen molar-refractivity contribution < 1.29 is 13.2 Å². The molecule has 3 nitrogen and oxygen atoms in total. The Hall–Kier alpha value is -1.79. The summed E-state index contributed by atoms with van der Waals surface area (Å²) in [5.74, 6) is -1.17. The lowest BCUT2D eigenvalue weighted by atomic mass is 9.75. The van der Waals surface area contributed by atoms with Crippen LogP contribution in [0.4, 0.5) is 18.9 Å². The van der Waals surface area contributed by atoms with Gasteiger partial charge in [-0.05, 0) is 73.1 Å². The average Bonchev–Trinajstić information content (AvgIpc) is 2.69. The quantitative estimate of drug-likeness (QED) is 0.782. The molecular formula is C22H28F3N3. The van der Waals surface area contributed by atoms with Gasteiger partial charge in [0.2, 0.25) is 0 Å². The van der Waals surface area contributed by atoms with Gasteiger partial charge in [-0.2, -0.15) is 13.2 Å². The highest BCUT2D eigenvalue weighted by Gasteiger charge is 2.41. The van der Waals surface area contributed by atoms with E-state index >= 15 is 0 Å². The fraction of sp³-hybridized carbons (Fsp3) is 0.545. The predicted octanol–water partition coefficient (Wildman–Crippen LogP) is 4.67. The largest absolute Gasteiger partial charge is 0.391 e. The molecule has 0 unspecified atom stereocenters. The van der Waals surface area contributed by atoms with Crippen LogP contribution in [0, 0.1) is 5.92 Å². The second-order valence-electron chi connectivity index (χ2n) is 8.54. The van der Waals surface area contributed by atoms with Gasteiger partial charge in [0.1, 0.15) is 0 Å². The van der Waals surface area contributed by atoms with E-state index in [0.717, 1.165) is 47.7 Å². The van der Waals surface area contributed by atoms with Crippen molar-refractivity contribution in [1.82, 2.24) is 0 Å². The minimum Gasteiger partial charge on any atom is -0.371 e. The van der Waals surface area contributed by atoms with Gasteiger partial charge in [0, 0.05) is 30.4 Å². The third-order valence-corrected chi connectivity index (χ3v) is 6.64. The van der Waals surface area contributed by atoms with E-state index in [-0.39, 0.29) is 24.4 Å². The fourth-order valence-electron chi connectivity index (χ4n) is 4.65. The molecule has 1 heterocycles. The van der Waals surface area contributed by atoms with Gasteiger partial charge < -0.3 is 16.4 Å². The van der Waals surface area contributed by atoms with Crippen molar-refractivity contribution in [2.45, 2.75) is 56.3 Å². The molecule has 1 saturated heterocycles. The van der Waals surface area contributed by atoms with Crippen LogP contribution in [-0.2, 0) is 5.54 Å². The maximum atomic E-state index is 12.9. The third kappa shape index (κ3) is 3.85. The van der Waals surface area contributed by atoms with Crippen molar-refractivity contribution in [3.05, 3.63) is 42.0 Å². The number of halogens is 3. The highest BCUT2D eigenvalue weighted by Crippen LogP contribution is 2.38. The van der Waals surface area contributed by atoms with Crippen molar-refractivity contribution in [2.24, 2.45) is 17.4 Å². The molecule has 0 bridgehead atoms. The van der Waals surface area contributed by atoms with Crippen LogP contribution in [0.25, 0.3) is 10.8 Å². The standard InChI is InChI=1S/C22H28F3N3/c23-22(24,25)17-7-11-28(12-8-17)20-4-2-15-13-18(3-1-16(15)14-20)21(27)9-5-19(26)6-10-21/h1-4,13-14,17,19H,5-12,26-27H2. The normalized spacial score (nSPS) is 27.3. The van der Waals surface area contributed by atoms with E-state index in [1.807, 2.05) is 6.07 Å². The SMILES string of the molecule is NC1CCC(N)(c2ccc3cc(N4CCC(C(F)(F)F)CC4)ccc3c2)CC1. The molecule has 0 aromatic heterocycles. The van der Waals surface area contributed by atoms with Crippen molar-refractivity contribution in [3.8, 4) is 0 Å². The molecule has 2 aliphatic rings. The fourth-order valence-corrected chi connectivity index (χ4v) is 4.65. The van der Waals surface area contributed by atoms with Crippen LogP contribution < -0.4 is 16.4 Å². The molecule has 0 amide bonds. The Kier molecular flexibility index (Phi) is 5.04. The van der Waals surface area contributed by atoms with E-state index in [4.69, 9.17) is 11.5 Å². The maximum Gasteiger partial charge on any atom is 0.391 e. The third-order valence-electron chi connectivity index (χ3n) is 6.64. The molecule has 4 N–H and O–H groups in total. The summed E-state index contributed by atoms with van der Waals surface area (Å²) in [6, 6.07) is 12.7. The molecule has 2 fully saturated rings. The number of rotatable bonds is 2. The van der Waals surface area contributed by atoms with Gasteiger partial charge >= 0.3 is 6.18 Å². The first-order chi connectivity index (χ1) is 13.2. The number of fused-ring (bicyclic) bond motifs is 1. The average molecular weight is 391 g/mol. The minimum atomic E-state index is -4.08. The second kappa shape index (κ2) is 7.23. The molecule has 1 aliphatic carbocycles. The zero-order chi connectivity index (χ0) is 19.9. The van der Waals surface area contributed by atoms with Gasteiger partial charge in [0.15, 0.2) is 0 Å². The van der Waals surface area contributed by atoms with Gasteiger partial charge in [-0.15, -0.1) is 0 Å². The molecule has 2 aromatic carbocycles. The summed E-state index contributed by atoms with van der Waals surface area (Å²) in [6.45, 7) is 0.889.